The van der Waals surface area contributed by atoms with Gasteiger partial charge in [-0.2, -0.15) is 0 Å². The van der Waals surface area contributed by atoms with Crippen LogP contribution in [-0.4, -0.2) is 15.5 Å². The third-order valence-corrected chi connectivity index (χ3v) is 5.10. The molecule has 0 aliphatic carbocycles. The van der Waals surface area contributed by atoms with E-state index in [0.29, 0.717) is 10.7 Å². The standard InChI is InChI=1S/C14H15ClN2O2S/c1-10-3-6-12(7-4-10)17(2)20(18,19)14-8-5-11(15)9-13(14)16/h3-9H,16H2,1-2H3. The number of aryl methyl sites for hydroxylation is 1. The fraction of sp³-hybridized carbons (Fsp3) is 0.143. The molecule has 0 saturated carbocycles. The summed E-state index contributed by atoms with van der Waals surface area (Å²) in [6, 6.07) is 11.6. The lowest BCUT2D eigenvalue weighted by atomic mass is 10.2. The van der Waals surface area contributed by atoms with Crippen LogP contribution >= 0.6 is 11.6 Å². The minimum Gasteiger partial charge on any atom is -0.398 e. The summed E-state index contributed by atoms with van der Waals surface area (Å²) in [4.78, 5) is 0.0463. The SMILES string of the molecule is Cc1ccc(N(C)S(=O)(=O)c2ccc(Cl)cc2N)cc1. The summed E-state index contributed by atoms with van der Waals surface area (Å²) in [5.74, 6) is 0. The highest BCUT2D eigenvalue weighted by molar-refractivity contribution is 7.93. The molecule has 106 valence electrons. The van der Waals surface area contributed by atoms with Gasteiger partial charge in [-0.25, -0.2) is 8.42 Å². The number of rotatable bonds is 3. The topological polar surface area (TPSA) is 63.4 Å². The molecule has 0 bridgehead atoms. The molecule has 0 heterocycles. The molecule has 2 N–H and O–H groups in total. The van der Waals surface area contributed by atoms with E-state index >= 15 is 0 Å². The van der Waals surface area contributed by atoms with Crippen molar-refractivity contribution >= 4 is 33.0 Å². The Balaban J connectivity index is 2.46. The van der Waals surface area contributed by atoms with Crippen molar-refractivity contribution in [2.75, 3.05) is 17.1 Å². The monoisotopic (exact) mass is 310 g/mol. The maximum atomic E-state index is 12.6. The number of nitrogens with two attached hydrogens (primary N) is 1. The van der Waals surface area contributed by atoms with E-state index in [2.05, 4.69) is 0 Å². The fourth-order valence-electron chi connectivity index (χ4n) is 1.80. The highest BCUT2D eigenvalue weighted by Crippen LogP contribution is 2.27. The van der Waals surface area contributed by atoms with Crippen molar-refractivity contribution in [2.24, 2.45) is 0 Å². The first-order chi connectivity index (χ1) is 9.32. The van der Waals surface area contributed by atoms with Crippen molar-refractivity contribution in [3.63, 3.8) is 0 Å². The first kappa shape index (κ1) is 14.7. The summed E-state index contributed by atoms with van der Waals surface area (Å²) >= 11 is 5.79. The molecule has 0 spiro atoms. The molecule has 0 saturated heterocycles. The largest absolute Gasteiger partial charge is 0.398 e. The van der Waals surface area contributed by atoms with Gasteiger partial charge in [-0.15, -0.1) is 0 Å². The van der Waals surface area contributed by atoms with Gasteiger partial charge in [0.1, 0.15) is 4.90 Å². The van der Waals surface area contributed by atoms with Gasteiger partial charge >= 0.3 is 0 Å². The van der Waals surface area contributed by atoms with E-state index in [0.717, 1.165) is 5.56 Å². The van der Waals surface area contributed by atoms with E-state index in [1.54, 1.807) is 12.1 Å². The third-order valence-electron chi connectivity index (χ3n) is 3.01. The second-order valence-corrected chi connectivity index (χ2v) is 6.86. The van der Waals surface area contributed by atoms with Gasteiger partial charge in [0.15, 0.2) is 0 Å². The molecule has 0 unspecified atom stereocenters. The number of hydrogen-bond donors (Lipinski definition) is 1. The van der Waals surface area contributed by atoms with Crippen LogP contribution < -0.4 is 10.0 Å². The lowest BCUT2D eigenvalue weighted by Crippen LogP contribution is -2.27. The molecule has 4 nitrogen and oxygen atoms in total. The Morgan fingerprint density at radius 2 is 1.70 bits per heavy atom. The Hall–Kier alpha value is -1.72. The van der Waals surface area contributed by atoms with Gasteiger partial charge < -0.3 is 5.73 Å². The van der Waals surface area contributed by atoms with E-state index in [9.17, 15) is 8.42 Å². The summed E-state index contributed by atoms with van der Waals surface area (Å²) in [6.45, 7) is 1.94. The highest BCUT2D eigenvalue weighted by Gasteiger charge is 2.23. The molecule has 2 aromatic carbocycles. The molecule has 0 amide bonds. The van der Waals surface area contributed by atoms with Crippen molar-refractivity contribution in [1.82, 2.24) is 0 Å². The van der Waals surface area contributed by atoms with E-state index in [1.807, 2.05) is 19.1 Å². The van der Waals surface area contributed by atoms with Gasteiger partial charge in [0.2, 0.25) is 0 Å². The predicted octanol–water partition coefficient (Wildman–Crippen LogP) is 3.06. The summed E-state index contributed by atoms with van der Waals surface area (Å²) in [5.41, 5.74) is 7.53. The van der Waals surface area contributed by atoms with Gasteiger partial charge in [-0.1, -0.05) is 29.3 Å². The zero-order valence-electron chi connectivity index (χ0n) is 11.2. The third kappa shape index (κ3) is 2.73. The lowest BCUT2D eigenvalue weighted by Gasteiger charge is -2.20. The van der Waals surface area contributed by atoms with Crippen LogP contribution in [0.1, 0.15) is 5.56 Å². The molecule has 2 aromatic rings. The predicted molar refractivity (Wildman–Crippen MR) is 82.6 cm³/mol. The van der Waals surface area contributed by atoms with Crippen LogP contribution in [0.3, 0.4) is 0 Å². The lowest BCUT2D eigenvalue weighted by molar-refractivity contribution is 0.595. The number of anilines is 2. The number of sulfonamides is 1. The molecular formula is C14H15ClN2O2S. The molecule has 0 aromatic heterocycles. The van der Waals surface area contributed by atoms with Gasteiger partial charge in [0, 0.05) is 12.1 Å². The second kappa shape index (κ2) is 5.34. The maximum absolute atomic E-state index is 12.6. The maximum Gasteiger partial charge on any atom is 0.266 e. The summed E-state index contributed by atoms with van der Waals surface area (Å²) in [7, 11) is -2.21. The molecule has 0 aliphatic rings. The molecule has 20 heavy (non-hydrogen) atoms. The molecule has 0 fully saturated rings. The van der Waals surface area contributed by atoms with E-state index in [4.69, 9.17) is 17.3 Å². The number of hydrogen-bond acceptors (Lipinski definition) is 3. The van der Waals surface area contributed by atoms with E-state index in [1.165, 1.54) is 29.6 Å². The second-order valence-electron chi connectivity index (χ2n) is 4.49. The van der Waals surface area contributed by atoms with Crippen LogP contribution in [0, 0.1) is 6.92 Å². The smallest absolute Gasteiger partial charge is 0.266 e. The van der Waals surface area contributed by atoms with Gasteiger partial charge in [0.25, 0.3) is 10.0 Å². The Bertz CT molecular complexity index is 727. The number of nitrogens with zero attached hydrogens (tertiary/aromatic N) is 1. The van der Waals surface area contributed by atoms with Gasteiger partial charge in [0.05, 0.1) is 11.4 Å². The van der Waals surface area contributed by atoms with Crippen molar-refractivity contribution < 1.29 is 8.42 Å². The minimum absolute atomic E-state index is 0.0463. The summed E-state index contributed by atoms with van der Waals surface area (Å²) in [6.07, 6.45) is 0. The fourth-order valence-corrected chi connectivity index (χ4v) is 3.27. The first-order valence-electron chi connectivity index (χ1n) is 5.93. The van der Waals surface area contributed by atoms with Gasteiger partial charge in [-0.05, 0) is 37.3 Å². The summed E-state index contributed by atoms with van der Waals surface area (Å²) in [5, 5.41) is 0.402. The molecule has 0 aliphatic heterocycles. The van der Waals surface area contributed by atoms with Crippen molar-refractivity contribution in [3.8, 4) is 0 Å². The van der Waals surface area contributed by atoms with Crippen LogP contribution in [0.25, 0.3) is 0 Å². The van der Waals surface area contributed by atoms with Gasteiger partial charge in [-0.3, -0.25) is 4.31 Å². The normalized spacial score (nSPS) is 11.3. The molecule has 6 heteroatoms. The molecule has 0 atom stereocenters. The van der Waals surface area contributed by atoms with Crippen LogP contribution in [-0.2, 0) is 10.0 Å². The van der Waals surface area contributed by atoms with Crippen molar-refractivity contribution in [2.45, 2.75) is 11.8 Å². The zero-order valence-corrected chi connectivity index (χ0v) is 12.7. The number of nitrogen functional groups attached to an aromatic ring is 1. The van der Waals surface area contributed by atoms with Crippen molar-refractivity contribution in [1.29, 1.82) is 0 Å². The Morgan fingerprint density at radius 3 is 2.25 bits per heavy atom. The number of halogens is 1. The van der Waals surface area contributed by atoms with Crippen LogP contribution in [0.4, 0.5) is 11.4 Å². The first-order valence-corrected chi connectivity index (χ1v) is 7.75. The average molecular weight is 311 g/mol. The Kier molecular flexibility index (Phi) is 3.92. The van der Waals surface area contributed by atoms with E-state index in [-0.39, 0.29) is 10.6 Å². The van der Waals surface area contributed by atoms with Crippen LogP contribution in [0.2, 0.25) is 5.02 Å². The highest BCUT2D eigenvalue weighted by atomic mass is 35.5. The van der Waals surface area contributed by atoms with Crippen LogP contribution in [0.15, 0.2) is 47.4 Å². The zero-order chi connectivity index (χ0) is 14.9. The Morgan fingerprint density at radius 1 is 1.10 bits per heavy atom. The Labute approximate surface area is 123 Å². The minimum atomic E-state index is -3.70. The van der Waals surface area contributed by atoms with Crippen molar-refractivity contribution in [3.05, 3.63) is 53.1 Å². The quantitative estimate of drug-likeness (QED) is 0.886. The molecular weight excluding hydrogens is 296 g/mol. The molecule has 2 rings (SSSR count). The summed E-state index contributed by atoms with van der Waals surface area (Å²) < 4.78 is 26.3. The van der Waals surface area contributed by atoms with Crippen LogP contribution in [0.5, 0.6) is 0 Å². The number of benzene rings is 2. The average Bonchev–Trinajstić information content (AvgIpc) is 2.38. The van der Waals surface area contributed by atoms with E-state index < -0.39 is 10.0 Å². The molecule has 0 radical (unpaired) electrons.